The molecule has 0 fully saturated rings. The SMILES string of the molecule is CCOC(=O)C(C)(C)Oc1cccc(CCCCCCBr)c1. The number of benzene rings is 1. The van der Waals surface area contributed by atoms with Gasteiger partial charge in [-0.15, -0.1) is 0 Å². The Kier molecular flexibility index (Phi) is 8.54. The van der Waals surface area contributed by atoms with E-state index in [1.54, 1.807) is 20.8 Å². The zero-order chi connectivity index (χ0) is 16.4. The van der Waals surface area contributed by atoms with Gasteiger partial charge >= 0.3 is 5.97 Å². The number of aryl methyl sites for hydroxylation is 1. The number of carbonyl (C=O) groups is 1. The Bertz CT molecular complexity index is 457. The molecule has 0 radical (unpaired) electrons. The Hall–Kier alpha value is -1.03. The van der Waals surface area contributed by atoms with Crippen LogP contribution in [-0.4, -0.2) is 23.5 Å². The van der Waals surface area contributed by atoms with E-state index >= 15 is 0 Å². The van der Waals surface area contributed by atoms with Crippen molar-refractivity contribution in [1.82, 2.24) is 0 Å². The van der Waals surface area contributed by atoms with Crippen LogP contribution >= 0.6 is 15.9 Å². The first-order chi connectivity index (χ1) is 10.5. The van der Waals surface area contributed by atoms with Crippen LogP contribution in [0, 0.1) is 0 Å². The lowest BCUT2D eigenvalue weighted by Crippen LogP contribution is -2.39. The fourth-order valence-corrected chi connectivity index (χ4v) is 2.58. The Morgan fingerprint density at radius 1 is 1.18 bits per heavy atom. The maximum atomic E-state index is 11.9. The lowest BCUT2D eigenvalue weighted by molar-refractivity contribution is -0.158. The van der Waals surface area contributed by atoms with Crippen molar-refractivity contribution in [1.29, 1.82) is 0 Å². The lowest BCUT2D eigenvalue weighted by atomic mass is 10.1. The lowest BCUT2D eigenvalue weighted by Gasteiger charge is -2.24. The molecule has 124 valence electrons. The highest BCUT2D eigenvalue weighted by atomic mass is 79.9. The topological polar surface area (TPSA) is 35.5 Å². The minimum absolute atomic E-state index is 0.338. The number of carbonyl (C=O) groups excluding carboxylic acids is 1. The average molecular weight is 371 g/mol. The summed E-state index contributed by atoms with van der Waals surface area (Å²) in [6.07, 6.45) is 5.95. The molecule has 0 aromatic heterocycles. The van der Waals surface area contributed by atoms with Gasteiger partial charge in [0.15, 0.2) is 5.60 Å². The van der Waals surface area contributed by atoms with Gasteiger partial charge in [-0.2, -0.15) is 0 Å². The normalized spacial score (nSPS) is 11.3. The number of alkyl halides is 1. The van der Waals surface area contributed by atoms with Gasteiger partial charge < -0.3 is 9.47 Å². The first kappa shape index (κ1) is 19.0. The highest BCUT2D eigenvalue weighted by Crippen LogP contribution is 2.22. The summed E-state index contributed by atoms with van der Waals surface area (Å²) in [7, 11) is 0. The number of rotatable bonds is 10. The molecule has 0 unspecified atom stereocenters. The van der Waals surface area contributed by atoms with Crippen molar-refractivity contribution in [2.24, 2.45) is 0 Å². The van der Waals surface area contributed by atoms with Crippen molar-refractivity contribution in [3.63, 3.8) is 0 Å². The molecule has 0 aliphatic heterocycles. The molecule has 0 amide bonds. The third-order valence-electron chi connectivity index (χ3n) is 3.39. The molecule has 22 heavy (non-hydrogen) atoms. The van der Waals surface area contributed by atoms with Crippen molar-refractivity contribution < 1.29 is 14.3 Å². The first-order valence-electron chi connectivity index (χ1n) is 8.00. The minimum atomic E-state index is -0.968. The molecule has 3 nitrogen and oxygen atoms in total. The fourth-order valence-electron chi connectivity index (χ4n) is 2.18. The summed E-state index contributed by atoms with van der Waals surface area (Å²) >= 11 is 3.45. The van der Waals surface area contributed by atoms with E-state index in [1.807, 2.05) is 18.2 Å². The molecular weight excluding hydrogens is 344 g/mol. The van der Waals surface area contributed by atoms with Crippen LogP contribution in [0.1, 0.15) is 52.0 Å². The van der Waals surface area contributed by atoms with E-state index in [4.69, 9.17) is 9.47 Å². The Labute approximate surface area is 142 Å². The van der Waals surface area contributed by atoms with Crippen LogP contribution in [0.2, 0.25) is 0 Å². The Morgan fingerprint density at radius 2 is 1.91 bits per heavy atom. The van der Waals surface area contributed by atoms with E-state index in [1.165, 1.54) is 31.2 Å². The molecule has 0 aliphatic rings. The Morgan fingerprint density at radius 3 is 2.59 bits per heavy atom. The fraction of sp³-hybridized carbons (Fsp3) is 0.611. The van der Waals surface area contributed by atoms with Crippen LogP contribution in [0.4, 0.5) is 0 Å². The highest BCUT2D eigenvalue weighted by molar-refractivity contribution is 9.09. The van der Waals surface area contributed by atoms with Crippen LogP contribution in [-0.2, 0) is 16.0 Å². The van der Waals surface area contributed by atoms with Gasteiger partial charge in [0.05, 0.1) is 6.61 Å². The van der Waals surface area contributed by atoms with Crippen molar-refractivity contribution in [3.05, 3.63) is 29.8 Å². The smallest absolute Gasteiger partial charge is 0.349 e. The monoisotopic (exact) mass is 370 g/mol. The largest absolute Gasteiger partial charge is 0.476 e. The van der Waals surface area contributed by atoms with Crippen molar-refractivity contribution in [2.45, 2.75) is 58.5 Å². The molecule has 4 heteroatoms. The second kappa shape index (κ2) is 9.88. The Balaban J connectivity index is 2.54. The predicted octanol–water partition coefficient (Wildman–Crippen LogP) is 4.90. The number of ether oxygens (including phenoxy) is 2. The van der Waals surface area contributed by atoms with E-state index < -0.39 is 5.60 Å². The molecular formula is C18H27BrO3. The molecule has 0 aliphatic carbocycles. The average Bonchev–Trinajstić information content (AvgIpc) is 2.47. The summed E-state index contributed by atoms with van der Waals surface area (Å²) in [4.78, 5) is 11.9. The second-order valence-corrected chi connectivity index (χ2v) is 6.63. The van der Waals surface area contributed by atoms with Gasteiger partial charge in [-0.3, -0.25) is 0 Å². The zero-order valence-electron chi connectivity index (χ0n) is 13.9. The summed E-state index contributed by atoms with van der Waals surface area (Å²) < 4.78 is 10.9. The van der Waals surface area contributed by atoms with E-state index in [-0.39, 0.29) is 5.97 Å². The third-order valence-corrected chi connectivity index (χ3v) is 3.95. The maximum absolute atomic E-state index is 11.9. The molecule has 1 rings (SSSR count). The van der Waals surface area contributed by atoms with Gasteiger partial charge in [0.25, 0.3) is 0 Å². The van der Waals surface area contributed by atoms with Gasteiger partial charge in [0.1, 0.15) is 5.75 Å². The second-order valence-electron chi connectivity index (χ2n) is 5.83. The standard InChI is InChI=1S/C18H27BrO3/c1-4-21-17(20)18(2,3)22-16-12-9-11-15(14-16)10-7-5-6-8-13-19/h9,11-12,14H,4-8,10,13H2,1-3H3. The summed E-state index contributed by atoms with van der Waals surface area (Å²) in [5, 5.41) is 1.08. The van der Waals surface area contributed by atoms with Crippen molar-refractivity contribution in [3.8, 4) is 5.75 Å². The molecule has 0 heterocycles. The van der Waals surface area contributed by atoms with E-state index in [2.05, 4.69) is 22.0 Å². The van der Waals surface area contributed by atoms with Gasteiger partial charge in [-0.25, -0.2) is 4.79 Å². The van der Waals surface area contributed by atoms with Crippen molar-refractivity contribution >= 4 is 21.9 Å². The van der Waals surface area contributed by atoms with E-state index in [0.717, 1.165) is 17.5 Å². The summed E-state index contributed by atoms with van der Waals surface area (Å²) in [5.74, 6) is 0.381. The maximum Gasteiger partial charge on any atom is 0.349 e. The van der Waals surface area contributed by atoms with E-state index in [9.17, 15) is 4.79 Å². The number of halogens is 1. The van der Waals surface area contributed by atoms with Crippen LogP contribution in [0.25, 0.3) is 0 Å². The van der Waals surface area contributed by atoms with Gasteiger partial charge in [0.2, 0.25) is 0 Å². The predicted molar refractivity (Wildman–Crippen MR) is 93.7 cm³/mol. The van der Waals surface area contributed by atoms with Crippen LogP contribution < -0.4 is 4.74 Å². The van der Waals surface area contributed by atoms with Crippen LogP contribution in [0.15, 0.2) is 24.3 Å². The quantitative estimate of drug-likeness (QED) is 0.333. The molecule has 0 saturated carbocycles. The van der Waals surface area contributed by atoms with Crippen molar-refractivity contribution in [2.75, 3.05) is 11.9 Å². The van der Waals surface area contributed by atoms with Crippen LogP contribution in [0.5, 0.6) is 5.75 Å². The van der Waals surface area contributed by atoms with E-state index in [0.29, 0.717) is 6.61 Å². The molecule has 0 bridgehead atoms. The number of unbranched alkanes of at least 4 members (excludes halogenated alkanes) is 3. The minimum Gasteiger partial charge on any atom is -0.476 e. The third kappa shape index (κ3) is 6.82. The molecule has 1 aromatic carbocycles. The summed E-state index contributed by atoms with van der Waals surface area (Å²) in [5.41, 5.74) is 0.279. The number of esters is 1. The number of hydrogen-bond donors (Lipinski definition) is 0. The first-order valence-corrected chi connectivity index (χ1v) is 9.13. The molecule has 0 saturated heterocycles. The highest BCUT2D eigenvalue weighted by Gasteiger charge is 2.31. The zero-order valence-corrected chi connectivity index (χ0v) is 15.4. The molecule has 0 N–H and O–H groups in total. The summed E-state index contributed by atoms with van der Waals surface area (Å²) in [6, 6.07) is 7.99. The number of hydrogen-bond acceptors (Lipinski definition) is 3. The summed E-state index contributed by atoms with van der Waals surface area (Å²) in [6.45, 7) is 5.63. The van der Waals surface area contributed by atoms with Gasteiger partial charge in [-0.1, -0.05) is 40.9 Å². The molecule has 1 aromatic rings. The molecule has 0 spiro atoms. The van der Waals surface area contributed by atoms with Gasteiger partial charge in [-0.05, 0) is 57.7 Å². The van der Waals surface area contributed by atoms with Crippen LogP contribution in [0.3, 0.4) is 0 Å². The van der Waals surface area contributed by atoms with Gasteiger partial charge in [0, 0.05) is 5.33 Å². The molecule has 0 atom stereocenters.